The normalized spacial score (nSPS) is 11.9. The second-order valence-electron chi connectivity index (χ2n) is 6.16. The number of imidazole rings is 1. The van der Waals surface area contributed by atoms with Crippen LogP contribution < -0.4 is 10.5 Å². The molecule has 0 saturated carbocycles. The number of nitrogen functional groups attached to an aromatic ring is 1. The fourth-order valence-electron chi connectivity index (χ4n) is 2.65. The third-order valence-electron chi connectivity index (χ3n) is 4.01. The fourth-order valence-corrected chi connectivity index (χ4v) is 4.70. The maximum absolute atomic E-state index is 12.0. The molecule has 0 fully saturated rings. The van der Waals surface area contributed by atoms with Gasteiger partial charge in [0.25, 0.3) is 0 Å². The number of nitrogens with zero attached hydrogens (tertiary/aromatic N) is 4. The number of unbranched alkanes of at least 4 members (excludes halogenated alkanes) is 2. The van der Waals surface area contributed by atoms with Crippen LogP contribution in [0.5, 0.6) is 0 Å². The molecule has 0 amide bonds. The predicted molar refractivity (Wildman–Crippen MR) is 104 cm³/mol. The summed E-state index contributed by atoms with van der Waals surface area (Å²) in [6, 6.07) is 3.30. The monoisotopic (exact) mass is 409 g/mol. The highest BCUT2D eigenvalue weighted by molar-refractivity contribution is 7.91. The van der Waals surface area contributed by atoms with Crippen LogP contribution in [0.25, 0.3) is 0 Å². The lowest BCUT2D eigenvalue weighted by molar-refractivity contribution is 0.554. The summed E-state index contributed by atoms with van der Waals surface area (Å²) in [5, 5.41) is 9.94. The standard InChI is InChI=1S/C16H23N7O2S2/c17-16-18-11-13(20-16)5-2-1-3-6-14-12-23(22-21-14)9-8-19-27(24,25)15-7-4-10-26-15/h4,7,10-12,19H,1-3,5-6,8-9H2,(H3,17,18,20). The van der Waals surface area contributed by atoms with Crippen molar-refractivity contribution in [2.75, 3.05) is 12.3 Å². The highest BCUT2D eigenvalue weighted by atomic mass is 32.2. The Morgan fingerprint density at radius 2 is 2.11 bits per heavy atom. The summed E-state index contributed by atoms with van der Waals surface area (Å²) in [5.74, 6) is 0.458. The summed E-state index contributed by atoms with van der Waals surface area (Å²) in [7, 11) is -3.43. The fraction of sp³-hybridized carbons (Fsp3) is 0.438. The second-order valence-corrected chi connectivity index (χ2v) is 9.10. The molecule has 0 aliphatic heterocycles. The van der Waals surface area contributed by atoms with Crippen molar-refractivity contribution in [1.82, 2.24) is 29.7 Å². The molecule has 0 radical (unpaired) electrons. The molecular formula is C16H23N7O2S2. The van der Waals surface area contributed by atoms with Crippen LogP contribution in [0, 0.1) is 0 Å². The Labute approximate surface area is 162 Å². The van der Waals surface area contributed by atoms with E-state index in [9.17, 15) is 8.42 Å². The molecule has 9 nitrogen and oxygen atoms in total. The molecule has 3 aromatic heterocycles. The Kier molecular flexibility index (Phi) is 6.58. The van der Waals surface area contributed by atoms with Crippen molar-refractivity contribution >= 4 is 27.3 Å². The summed E-state index contributed by atoms with van der Waals surface area (Å²) in [5.41, 5.74) is 7.53. The zero-order valence-corrected chi connectivity index (χ0v) is 16.5. The van der Waals surface area contributed by atoms with Crippen molar-refractivity contribution in [1.29, 1.82) is 0 Å². The Balaban J connectivity index is 1.33. The molecule has 0 aromatic carbocycles. The van der Waals surface area contributed by atoms with Crippen LogP contribution >= 0.6 is 11.3 Å². The number of rotatable bonds is 11. The molecule has 0 saturated heterocycles. The largest absolute Gasteiger partial charge is 0.369 e. The number of hydrogen-bond donors (Lipinski definition) is 3. The van der Waals surface area contributed by atoms with Crippen LogP contribution in [-0.2, 0) is 29.4 Å². The van der Waals surface area contributed by atoms with E-state index in [4.69, 9.17) is 5.73 Å². The van der Waals surface area contributed by atoms with Crippen molar-refractivity contribution in [2.45, 2.75) is 42.9 Å². The minimum atomic E-state index is -3.43. The Hall–Kier alpha value is -2.24. The lowest BCUT2D eigenvalue weighted by atomic mass is 10.1. The molecule has 146 valence electrons. The van der Waals surface area contributed by atoms with Gasteiger partial charge >= 0.3 is 0 Å². The summed E-state index contributed by atoms with van der Waals surface area (Å²) in [4.78, 5) is 7.00. The number of thiophene rings is 1. The Bertz CT molecular complexity index is 932. The van der Waals surface area contributed by atoms with E-state index >= 15 is 0 Å². The number of aromatic nitrogens is 5. The summed E-state index contributed by atoms with van der Waals surface area (Å²) in [6.07, 6.45) is 8.58. The van der Waals surface area contributed by atoms with Gasteiger partial charge in [0.15, 0.2) is 5.95 Å². The molecule has 0 aliphatic rings. The average molecular weight is 410 g/mol. The van der Waals surface area contributed by atoms with Gasteiger partial charge in [-0.1, -0.05) is 17.7 Å². The molecular weight excluding hydrogens is 386 g/mol. The van der Waals surface area contributed by atoms with Crippen LogP contribution in [0.3, 0.4) is 0 Å². The number of sulfonamides is 1. The topological polar surface area (TPSA) is 132 Å². The van der Waals surface area contributed by atoms with E-state index in [0.717, 1.165) is 43.5 Å². The average Bonchev–Trinajstić information content (AvgIpc) is 3.37. The number of nitrogens with two attached hydrogens (primary N) is 1. The first-order valence-corrected chi connectivity index (χ1v) is 11.1. The Morgan fingerprint density at radius 1 is 1.26 bits per heavy atom. The van der Waals surface area contributed by atoms with E-state index in [2.05, 4.69) is 25.0 Å². The summed E-state index contributed by atoms with van der Waals surface area (Å²) in [6.45, 7) is 0.717. The van der Waals surface area contributed by atoms with Gasteiger partial charge in [0, 0.05) is 18.4 Å². The van der Waals surface area contributed by atoms with Crippen LogP contribution in [0.2, 0.25) is 0 Å². The second kappa shape index (κ2) is 9.11. The number of aromatic amines is 1. The lowest BCUT2D eigenvalue weighted by Gasteiger charge is -2.04. The van der Waals surface area contributed by atoms with Crippen LogP contribution in [-0.4, -0.2) is 39.9 Å². The van der Waals surface area contributed by atoms with E-state index in [-0.39, 0.29) is 6.54 Å². The molecule has 0 unspecified atom stereocenters. The molecule has 4 N–H and O–H groups in total. The van der Waals surface area contributed by atoms with Crippen LogP contribution in [0.1, 0.15) is 30.7 Å². The smallest absolute Gasteiger partial charge is 0.250 e. The van der Waals surface area contributed by atoms with Gasteiger partial charge in [-0.2, -0.15) is 0 Å². The van der Waals surface area contributed by atoms with Crippen molar-refractivity contribution in [3.8, 4) is 0 Å². The van der Waals surface area contributed by atoms with E-state index in [1.165, 1.54) is 11.3 Å². The highest BCUT2D eigenvalue weighted by Crippen LogP contribution is 2.15. The lowest BCUT2D eigenvalue weighted by Crippen LogP contribution is -2.27. The van der Waals surface area contributed by atoms with Gasteiger partial charge in [0.1, 0.15) is 4.21 Å². The summed E-state index contributed by atoms with van der Waals surface area (Å²) >= 11 is 1.20. The molecule has 0 aliphatic carbocycles. The maximum Gasteiger partial charge on any atom is 0.250 e. The van der Waals surface area contributed by atoms with Gasteiger partial charge < -0.3 is 10.7 Å². The quantitative estimate of drug-likeness (QED) is 0.412. The van der Waals surface area contributed by atoms with E-state index in [1.54, 1.807) is 28.4 Å². The van der Waals surface area contributed by atoms with Crippen molar-refractivity contribution in [3.05, 3.63) is 41.3 Å². The van der Waals surface area contributed by atoms with Crippen LogP contribution in [0.15, 0.2) is 34.1 Å². The highest BCUT2D eigenvalue weighted by Gasteiger charge is 2.14. The molecule has 0 atom stereocenters. The van der Waals surface area contributed by atoms with Crippen molar-refractivity contribution in [3.63, 3.8) is 0 Å². The SMILES string of the molecule is Nc1ncc(CCCCCc2cn(CCNS(=O)(=O)c3cccs3)nn2)[nH]1. The van der Waals surface area contributed by atoms with Gasteiger partial charge in [-0.05, 0) is 37.1 Å². The van der Waals surface area contributed by atoms with Crippen molar-refractivity contribution < 1.29 is 8.42 Å². The number of anilines is 1. The first-order valence-electron chi connectivity index (χ1n) is 8.74. The first kappa shape index (κ1) is 19.5. The summed E-state index contributed by atoms with van der Waals surface area (Å²) < 4.78 is 28.6. The molecule has 3 aromatic rings. The third kappa shape index (κ3) is 5.88. The van der Waals surface area contributed by atoms with Gasteiger partial charge in [-0.3, -0.25) is 4.68 Å². The zero-order chi connectivity index (χ0) is 19.1. The molecule has 3 heterocycles. The molecule has 0 spiro atoms. The maximum atomic E-state index is 12.0. The zero-order valence-electron chi connectivity index (χ0n) is 14.8. The van der Waals surface area contributed by atoms with E-state index < -0.39 is 10.0 Å². The van der Waals surface area contributed by atoms with Gasteiger partial charge in [0.05, 0.1) is 18.4 Å². The number of nitrogens with one attached hydrogen (secondary N) is 2. The third-order valence-corrected chi connectivity index (χ3v) is 6.86. The van der Waals surface area contributed by atoms with E-state index in [1.807, 2.05) is 6.20 Å². The number of hydrogen-bond acceptors (Lipinski definition) is 7. The van der Waals surface area contributed by atoms with Crippen molar-refractivity contribution in [2.24, 2.45) is 0 Å². The molecule has 0 bridgehead atoms. The Morgan fingerprint density at radius 3 is 2.85 bits per heavy atom. The number of aryl methyl sites for hydroxylation is 2. The predicted octanol–water partition coefficient (Wildman–Crippen LogP) is 1.58. The molecule has 3 rings (SSSR count). The van der Waals surface area contributed by atoms with Gasteiger partial charge in [-0.15, -0.1) is 16.4 Å². The van der Waals surface area contributed by atoms with Gasteiger partial charge in [0.2, 0.25) is 10.0 Å². The van der Waals surface area contributed by atoms with Gasteiger partial charge in [-0.25, -0.2) is 18.1 Å². The minimum absolute atomic E-state index is 0.274. The van der Waals surface area contributed by atoms with Crippen LogP contribution in [0.4, 0.5) is 5.95 Å². The van der Waals surface area contributed by atoms with E-state index in [0.29, 0.717) is 16.7 Å². The number of H-pyrrole nitrogens is 1. The minimum Gasteiger partial charge on any atom is -0.369 e. The molecule has 11 heteroatoms. The molecule has 27 heavy (non-hydrogen) atoms. The first-order chi connectivity index (χ1) is 13.0.